The van der Waals surface area contributed by atoms with Crippen molar-refractivity contribution in [1.82, 2.24) is 0 Å². The molecule has 0 N–H and O–H groups in total. The maximum Gasteiger partial charge on any atom is 0 e. The Labute approximate surface area is 198 Å². The molecule has 0 atom stereocenters. The molecule has 0 unspecified atom stereocenters. The van der Waals surface area contributed by atoms with Crippen LogP contribution in [0.1, 0.15) is 0 Å². The van der Waals surface area contributed by atoms with Gasteiger partial charge in [0.2, 0.25) is 0 Å². The third kappa shape index (κ3) is 87.8. The molecule has 0 saturated heterocycles. The summed E-state index contributed by atoms with van der Waals surface area (Å²) in [5.41, 5.74) is 0. The van der Waals surface area contributed by atoms with Gasteiger partial charge in [-0.15, -0.1) is 0 Å². The summed E-state index contributed by atoms with van der Waals surface area (Å²) in [7, 11) is 0. The summed E-state index contributed by atoms with van der Waals surface area (Å²) in [5.74, 6) is 0. The van der Waals surface area contributed by atoms with Gasteiger partial charge in [0.15, 0.2) is 0 Å². The minimum atomic E-state index is 0. The normalized spacial score (nSPS) is 0.364. The van der Waals surface area contributed by atoms with Gasteiger partial charge in [0.05, 0.1) is 0 Å². The number of hydrogen-bond acceptors (Lipinski definition) is 0. The van der Waals surface area contributed by atoms with Gasteiger partial charge in [0, 0.05) is 190 Å². The molecule has 0 aromatic rings. The van der Waals surface area contributed by atoms with Crippen molar-refractivity contribution in [3.63, 3.8) is 0 Å². The molecule has 0 amide bonds. The van der Waals surface area contributed by atoms with Crippen molar-refractivity contribution in [3.05, 3.63) is 13.2 Å². The Bertz CT molecular complexity index is 7.52. The Kier molecular flexibility index (Phi) is 820. The maximum atomic E-state index is 4.25. The van der Waals surface area contributed by atoms with Crippen molar-refractivity contribution in [2.24, 2.45) is 0 Å². The van der Waals surface area contributed by atoms with Crippen molar-refractivity contribution in [2.75, 3.05) is 0 Å². The van der Waals surface area contributed by atoms with Gasteiger partial charge in [-0.1, -0.05) is 0 Å². The zero-order valence-corrected chi connectivity index (χ0v) is 31.4. The van der Waals surface area contributed by atoms with E-state index in [0.717, 1.165) is 0 Å². The smallest absolute Gasteiger partial charge is 0 e. The van der Waals surface area contributed by atoms with E-state index in [4.69, 9.17) is 0 Å². The van der Waals surface area contributed by atoms with E-state index in [0.29, 0.717) is 0 Å². The quantitative estimate of drug-likeness (QED) is 0.312. The van der Waals surface area contributed by atoms with Crippen LogP contribution in [-0.4, -0.2) is 0 Å². The molecule has 0 spiro atoms. The monoisotopic (exact) mass is 1680 g/mol. The molecule has 9 heteroatoms. The standard InChI is InChI=1S/C2H3.9W/c1-2;;;;;;;;;/h1H,2H2;;;;;;;;;/q-1;;;;;;;;;. The van der Waals surface area contributed by atoms with E-state index in [1.54, 1.807) is 0 Å². The molecule has 0 aliphatic heterocycles. The first-order chi connectivity index (χ1) is 1.00. The minimum Gasteiger partial charge on any atom is -0.521 e. The van der Waals surface area contributed by atoms with E-state index in [1.165, 1.54) is 0 Å². The maximum absolute atomic E-state index is 4.25. The first-order valence-corrected chi connectivity index (χ1v) is 0.408. The fourth-order valence-corrected chi connectivity index (χ4v) is 0. The van der Waals surface area contributed by atoms with Crippen LogP contribution in [0, 0.1) is 6.58 Å². The predicted octanol–water partition coefficient (Wildman–Crippen LogP) is 0.583. The average molecular weight is 1680 g/mol. The number of hydrogen-bond donors (Lipinski definition) is 0. The molecule has 66 valence electrons. The molecule has 0 fully saturated rings. The third-order valence-electron chi connectivity index (χ3n) is 0. The molecule has 0 aliphatic rings. The van der Waals surface area contributed by atoms with Crippen molar-refractivity contribution in [1.29, 1.82) is 0 Å². The molecular weight excluding hydrogens is 1680 g/mol. The van der Waals surface area contributed by atoms with Crippen molar-refractivity contribution in [2.45, 2.75) is 0 Å². The molecule has 0 saturated carbocycles. The zero-order chi connectivity index (χ0) is 2.00. The molecule has 0 aromatic carbocycles. The van der Waals surface area contributed by atoms with Gasteiger partial charge < -0.3 is 6.58 Å². The summed E-state index contributed by atoms with van der Waals surface area (Å²) in [6.45, 7) is 7.00. The Hall–Kier alpha value is 5.93. The van der Waals surface area contributed by atoms with E-state index in [-0.39, 0.29) is 190 Å². The fourth-order valence-electron chi connectivity index (χ4n) is 0. The summed E-state index contributed by atoms with van der Waals surface area (Å²) >= 11 is 0. The fraction of sp³-hybridized carbons (Fsp3) is 0. The molecule has 0 aliphatic carbocycles. The molecule has 0 rings (SSSR count). The first-order valence-electron chi connectivity index (χ1n) is 0.408. The summed E-state index contributed by atoms with van der Waals surface area (Å²) in [6, 6.07) is 0. The van der Waals surface area contributed by atoms with Crippen LogP contribution in [0.3, 0.4) is 0 Å². The van der Waals surface area contributed by atoms with Gasteiger partial charge in [-0.05, 0) is 0 Å². The molecular formula is C2H3W9-. The van der Waals surface area contributed by atoms with Crippen LogP contribution in [0.2, 0.25) is 0 Å². The van der Waals surface area contributed by atoms with Gasteiger partial charge in [0.25, 0.3) is 0 Å². The number of rotatable bonds is 0. The van der Waals surface area contributed by atoms with Gasteiger partial charge in [0.1, 0.15) is 0 Å². The topological polar surface area (TPSA) is 0 Å². The largest absolute Gasteiger partial charge is 0.521 e. The van der Waals surface area contributed by atoms with Gasteiger partial charge >= 0.3 is 0 Å². The second kappa shape index (κ2) is 101. The van der Waals surface area contributed by atoms with E-state index in [2.05, 4.69) is 13.2 Å². The summed E-state index contributed by atoms with van der Waals surface area (Å²) < 4.78 is 0. The first kappa shape index (κ1) is 89.4. The molecule has 0 bridgehead atoms. The van der Waals surface area contributed by atoms with Crippen molar-refractivity contribution < 1.29 is 190 Å². The SMILES string of the molecule is [CH-]=C.[W].[W].[W].[W].[W].[W].[W].[W].[W]. The van der Waals surface area contributed by atoms with E-state index >= 15 is 0 Å². The second-order valence-corrected chi connectivity index (χ2v) is 0. The van der Waals surface area contributed by atoms with Gasteiger partial charge in [-0.2, -0.15) is 0 Å². The Balaban J connectivity index is -0.000000000139. The summed E-state index contributed by atoms with van der Waals surface area (Å²) in [4.78, 5) is 0. The van der Waals surface area contributed by atoms with E-state index < -0.39 is 0 Å². The van der Waals surface area contributed by atoms with Crippen LogP contribution in [0.15, 0.2) is 6.58 Å². The Morgan fingerprint density at radius 2 is 0.364 bits per heavy atom. The molecule has 11 heavy (non-hydrogen) atoms. The summed E-state index contributed by atoms with van der Waals surface area (Å²) in [5, 5.41) is 0. The Morgan fingerprint density at radius 1 is 0.364 bits per heavy atom. The van der Waals surface area contributed by atoms with Gasteiger partial charge in [-0.3, -0.25) is 6.58 Å². The van der Waals surface area contributed by atoms with Crippen LogP contribution in [0.5, 0.6) is 0 Å². The zero-order valence-electron chi connectivity index (χ0n) is 4.96. The van der Waals surface area contributed by atoms with Crippen LogP contribution < -0.4 is 0 Å². The van der Waals surface area contributed by atoms with Crippen LogP contribution in [0.25, 0.3) is 0 Å². The average Bonchev–Trinajstić information content (AvgIpc) is 1.00. The van der Waals surface area contributed by atoms with E-state index in [1.807, 2.05) is 0 Å². The molecule has 0 heterocycles. The van der Waals surface area contributed by atoms with Gasteiger partial charge in [-0.25, -0.2) is 0 Å². The molecule has 0 radical (unpaired) electrons. The predicted molar refractivity (Wildman–Crippen MR) is 9.93 cm³/mol. The van der Waals surface area contributed by atoms with Crippen LogP contribution >= 0.6 is 0 Å². The minimum absolute atomic E-state index is 0. The second-order valence-electron chi connectivity index (χ2n) is 0. The molecule has 0 aromatic heterocycles. The molecule has 0 nitrogen and oxygen atoms in total. The van der Waals surface area contributed by atoms with Crippen LogP contribution in [-0.2, 0) is 190 Å². The van der Waals surface area contributed by atoms with Crippen LogP contribution in [0.4, 0.5) is 0 Å². The van der Waals surface area contributed by atoms with Crippen molar-refractivity contribution in [3.8, 4) is 0 Å². The third-order valence-corrected chi connectivity index (χ3v) is 0. The van der Waals surface area contributed by atoms with E-state index in [9.17, 15) is 0 Å². The Morgan fingerprint density at radius 3 is 0.364 bits per heavy atom. The summed E-state index contributed by atoms with van der Waals surface area (Å²) in [6.07, 6.45) is 0. The van der Waals surface area contributed by atoms with Crippen molar-refractivity contribution >= 4 is 0 Å².